The molecule has 0 saturated carbocycles. The lowest BCUT2D eigenvalue weighted by Crippen LogP contribution is -2.39. The lowest BCUT2D eigenvalue weighted by molar-refractivity contribution is -0.139. The Kier molecular flexibility index (Phi) is 5.73. The molecule has 1 atom stereocenters. The maximum absolute atomic E-state index is 12.9. The van der Waals surface area contributed by atoms with Gasteiger partial charge in [-0.3, -0.25) is 4.98 Å². The molecule has 1 aromatic heterocycles. The largest absolute Gasteiger partial charge is 0.391 e. The van der Waals surface area contributed by atoms with E-state index in [1.807, 2.05) is 0 Å². The zero-order chi connectivity index (χ0) is 17.6. The van der Waals surface area contributed by atoms with Crippen molar-refractivity contribution in [3.05, 3.63) is 65.7 Å². The maximum atomic E-state index is 12.9. The Balaban J connectivity index is 2.01. The summed E-state index contributed by atoms with van der Waals surface area (Å²) in [6.07, 6.45) is -2.64. The number of aromatic nitrogens is 1. The van der Waals surface area contributed by atoms with Crippen LogP contribution >= 0.6 is 0 Å². The molecular formula is C16H15F4N3O. The Bertz CT molecular complexity index is 659. The van der Waals surface area contributed by atoms with Gasteiger partial charge >= 0.3 is 12.2 Å². The van der Waals surface area contributed by atoms with E-state index in [0.717, 1.165) is 17.7 Å². The third-order valence-corrected chi connectivity index (χ3v) is 3.22. The van der Waals surface area contributed by atoms with E-state index < -0.39 is 30.5 Å². The fourth-order valence-corrected chi connectivity index (χ4v) is 2.07. The first-order chi connectivity index (χ1) is 11.3. The number of nitrogens with one attached hydrogen (secondary N) is 2. The third-order valence-electron chi connectivity index (χ3n) is 3.22. The molecule has 0 spiro atoms. The first-order valence-electron chi connectivity index (χ1n) is 7.09. The van der Waals surface area contributed by atoms with Crippen LogP contribution in [-0.4, -0.2) is 17.2 Å². The molecule has 0 aliphatic carbocycles. The summed E-state index contributed by atoms with van der Waals surface area (Å²) >= 11 is 0. The fourth-order valence-electron chi connectivity index (χ4n) is 2.07. The number of carbonyl (C=O) groups is 1. The van der Waals surface area contributed by atoms with E-state index in [1.54, 1.807) is 24.5 Å². The van der Waals surface area contributed by atoms with Crippen LogP contribution in [0, 0.1) is 5.82 Å². The van der Waals surface area contributed by atoms with Gasteiger partial charge < -0.3 is 10.6 Å². The molecule has 0 bridgehead atoms. The van der Waals surface area contributed by atoms with Gasteiger partial charge in [0.05, 0.1) is 12.5 Å². The van der Waals surface area contributed by atoms with Crippen LogP contribution in [-0.2, 0) is 6.54 Å². The number of rotatable bonds is 5. The molecule has 2 amide bonds. The van der Waals surface area contributed by atoms with Crippen molar-refractivity contribution in [3.8, 4) is 0 Å². The van der Waals surface area contributed by atoms with E-state index in [4.69, 9.17) is 0 Å². The molecule has 2 rings (SSSR count). The molecule has 24 heavy (non-hydrogen) atoms. The monoisotopic (exact) mass is 341 g/mol. The minimum absolute atomic E-state index is 0.149. The van der Waals surface area contributed by atoms with Crippen LogP contribution in [0.25, 0.3) is 0 Å². The summed E-state index contributed by atoms with van der Waals surface area (Å²) in [6, 6.07) is 5.84. The maximum Gasteiger partial charge on any atom is 0.391 e. The highest BCUT2D eigenvalue weighted by Crippen LogP contribution is 2.29. The van der Waals surface area contributed by atoms with E-state index in [0.29, 0.717) is 0 Å². The number of alkyl halides is 3. The number of hydrogen-bond donors (Lipinski definition) is 2. The Morgan fingerprint density at radius 3 is 2.29 bits per heavy atom. The van der Waals surface area contributed by atoms with E-state index in [1.165, 1.54) is 12.1 Å². The number of benzene rings is 1. The number of nitrogens with zero attached hydrogens (tertiary/aromatic N) is 1. The van der Waals surface area contributed by atoms with Crippen molar-refractivity contribution in [2.24, 2.45) is 0 Å². The van der Waals surface area contributed by atoms with Crippen molar-refractivity contribution in [2.45, 2.75) is 25.2 Å². The van der Waals surface area contributed by atoms with Crippen LogP contribution in [0.1, 0.15) is 23.6 Å². The molecule has 0 aliphatic heterocycles. The molecule has 0 saturated heterocycles. The van der Waals surface area contributed by atoms with E-state index in [-0.39, 0.29) is 12.1 Å². The van der Waals surface area contributed by atoms with E-state index in [9.17, 15) is 22.4 Å². The van der Waals surface area contributed by atoms with Gasteiger partial charge in [0.2, 0.25) is 0 Å². The van der Waals surface area contributed by atoms with Crippen LogP contribution in [0.4, 0.5) is 22.4 Å². The zero-order valence-corrected chi connectivity index (χ0v) is 12.5. The average molecular weight is 341 g/mol. The van der Waals surface area contributed by atoms with Gasteiger partial charge in [-0.2, -0.15) is 13.2 Å². The molecule has 4 nitrogen and oxygen atoms in total. The van der Waals surface area contributed by atoms with Crippen molar-refractivity contribution in [1.82, 2.24) is 15.6 Å². The topological polar surface area (TPSA) is 54.0 Å². The number of halogens is 4. The Hall–Kier alpha value is -2.64. The van der Waals surface area contributed by atoms with Crippen LogP contribution < -0.4 is 10.6 Å². The molecule has 2 aromatic rings. The van der Waals surface area contributed by atoms with Crippen molar-refractivity contribution in [1.29, 1.82) is 0 Å². The molecule has 1 aromatic carbocycles. The van der Waals surface area contributed by atoms with Gasteiger partial charge in [-0.25, -0.2) is 9.18 Å². The molecule has 8 heteroatoms. The van der Waals surface area contributed by atoms with Crippen molar-refractivity contribution >= 4 is 6.03 Å². The standard InChI is InChI=1S/C16H15F4N3O/c17-13-3-1-12(2-4-13)14(9-16(18,19)20)23-15(24)22-10-11-5-7-21-8-6-11/h1-8,14H,9-10H2,(H2,22,23,24). The minimum atomic E-state index is -4.47. The summed E-state index contributed by atoms with van der Waals surface area (Å²) in [5, 5.41) is 4.75. The Morgan fingerprint density at radius 1 is 1.08 bits per heavy atom. The fraction of sp³-hybridized carbons (Fsp3) is 0.250. The Labute approximate surface area is 135 Å². The quantitative estimate of drug-likeness (QED) is 0.815. The lowest BCUT2D eigenvalue weighted by Gasteiger charge is -2.21. The minimum Gasteiger partial charge on any atom is -0.334 e. The van der Waals surface area contributed by atoms with Crippen LogP contribution in [0.3, 0.4) is 0 Å². The second-order valence-electron chi connectivity index (χ2n) is 5.11. The Morgan fingerprint density at radius 2 is 1.71 bits per heavy atom. The van der Waals surface area contributed by atoms with Crippen LogP contribution in [0.2, 0.25) is 0 Å². The highest BCUT2D eigenvalue weighted by atomic mass is 19.4. The molecule has 1 heterocycles. The predicted molar refractivity (Wildman–Crippen MR) is 79.4 cm³/mol. The number of pyridine rings is 1. The first kappa shape index (κ1) is 17.7. The van der Waals surface area contributed by atoms with Gasteiger partial charge in [0.1, 0.15) is 5.82 Å². The highest BCUT2D eigenvalue weighted by molar-refractivity contribution is 5.74. The van der Waals surface area contributed by atoms with E-state index >= 15 is 0 Å². The smallest absolute Gasteiger partial charge is 0.334 e. The normalized spacial score (nSPS) is 12.5. The van der Waals surface area contributed by atoms with E-state index in [2.05, 4.69) is 15.6 Å². The van der Waals surface area contributed by atoms with Gasteiger partial charge in [-0.15, -0.1) is 0 Å². The summed E-state index contributed by atoms with van der Waals surface area (Å²) in [4.78, 5) is 15.7. The number of urea groups is 1. The summed E-state index contributed by atoms with van der Waals surface area (Å²) < 4.78 is 51.1. The first-order valence-corrected chi connectivity index (χ1v) is 7.09. The molecule has 128 valence electrons. The lowest BCUT2D eigenvalue weighted by atomic mass is 10.0. The predicted octanol–water partition coefficient (Wildman–Crippen LogP) is 3.71. The van der Waals surface area contributed by atoms with Gasteiger partial charge in [0.25, 0.3) is 0 Å². The summed E-state index contributed by atoms with van der Waals surface area (Å²) in [5.74, 6) is -0.563. The van der Waals surface area contributed by atoms with Gasteiger partial charge in [-0.05, 0) is 35.4 Å². The molecule has 1 unspecified atom stereocenters. The SMILES string of the molecule is O=C(NCc1ccncc1)NC(CC(F)(F)F)c1ccc(F)cc1. The van der Waals surface area contributed by atoms with Crippen molar-refractivity contribution < 1.29 is 22.4 Å². The van der Waals surface area contributed by atoms with Crippen LogP contribution in [0.15, 0.2) is 48.8 Å². The van der Waals surface area contributed by atoms with Crippen molar-refractivity contribution in [2.75, 3.05) is 0 Å². The number of carbonyl (C=O) groups excluding carboxylic acids is 1. The average Bonchev–Trinajstić information content (AvgIpc) is 2.53. The summed E-state index contributed by atoms with van der Waals surface area (Å²) in [6.45, 7) is 0.149. The molecule has 0 fully saturated rings. The molecule has 0 radical (unpaired) electrons. The third kappa shape index (κ3) is 5.86. The van der Waals surface area contributed by atoms with Crippen LogP contribution in [0.5, 0.6) is 0 Å². The van der Waals surface area contributed by atoms with Gasteiger partial charge in [0, 0.05) is 18.9 Å². The zero-order valence-electron chi connectivity index (χ0n) is 12.5. The number of hydrogen-bond acceptors (Lipinski definition) is 2. The summed E-state index contributed by atoms with van der Waals surface area (Å²) in [5.41, 5.74) is 0.932. The highest BCUT2D eigenvalue weighted by Gasteiger charge is 2.33. The second-order valence-corrected chi connectivity index (χ2v) is 5.11. The number of amides is 2. The van der Waals surface area contributed by atoms with Gasteiger partial charge in [-0.1, -0.05) is 12.1 Å². The second kappa shape index (κ2) is 7.76. The molecular weight excluding hydrogens is 326 g/mol. The van der Waals surface area contributed by atoms with Gasteiger partial charge in [0.15, 0.2) is 0 Å². The molecule has 2 N–H and O–H groups in total. The van der Waals surface area contributed by atoms with Crippen molar-refractivity contribution in [3.63, 3.8) is 0 Å². The molecule has 0 aliphatic rings. The summed E-state index contributed by atoms with van der Waals surface area (Å²) in [7, 11) is 0.